The fourth-order valence-corrected chi connectivity index (χ4v) is 1.34. The first-order valence-electron chi connectivity index (χ1n) is 4.10. The zero-order chi connectivity index (χ0) is 10.4. The molecule has 0 aliphatic heterocycles. The summed E-state index contributed by atoms with van der Waals surface area (Å²) in [5.41, 5.74) is 3.76. The van der Waals surface area contributed by atoms with Crippen molar-refractivity contribution in [2.24, 2.45) is 0 Å². The number of rotatable bonds is 1. The summed E-state index contributed by atoms with van der Waals surface area (Å²) in [4.78, 5) is 7.25. The molecule has 0 amide bonds. The van der Waals surface area contributed by atoms with Crippen LogP contribution >= 0.6 is 0 Å². The number of anilines is 1. The van der Waals surface area contributed by atoms with Crippen LogP contribution in [0.1, 0.15) is 18.7 Å². The zero-order valence-corrected chi connectivity index (χ0v) is 7.17. The second kappa shape index (κ2) is 2.59. The molecule has 2 rings (SSSR count). The molecule has 0 bridgehead atoms. The lowest BCUT2D eigenvalue weighted by atomic mass is 10.1. The van der Waals surface area contributed by atoms with Crippen molar-refractivity contribution in [3.8, 4) is 0 Å². The molecule has 3 nitrogen and oxygen atoms in total. The van der Waals surface area contributed by atoms with Gasteiger partial charge < -0.3 is 5.73 Å². The molecule has 1 aromatic rings. The fourth-order valence-electron chi connectivity index (χ4n) is 1.34. The molecule has 1 aliphatic rings. The monoisotopic (exact) mass is 203 g/mol. The average Bonchev–Trinajstić information content (AvgIpc) is 2.84. The number of hydrogen-bond donors (Lipinski definition) is 1. The van der Waals surface area contributed by atoms with E-state index in [1.165, 1.54) is 12.4 Å². The van der Waals surface area contributed by atoms with Crippen LogP contribution in [-0.4, -0.2) is 16.1 Å². The summed E-state index contributed by atoms with van der Waals surface area (Å²) in [7, 11) is 0. The normalized spacial score (nSPS) is 19.4. The highest BCUT2D eigenvalue weighted by atomic mass is 19.4. The summed E-state index contributed by atoms with van der Waals surface area (Å²) >= 11 is 0. The van der Waals surface area contributed by atoms with Crippen molar-refractivity contribution in [2.45, 2.75) is 24.4 Å². The minimum Gasteiger partial charge on any atom is -0.396 e. The molecule has 2 N–H and O–H groups in total. The van der Waals surface area contributed by atoms with Crippen LogP contribution in [0, 0.1) is 0 Å². The summed E-state index contributed by atoms with van der Waals surface area (Å²) in [6.45, 7) is 0. The molecule has 1 aliphatic carbocycles. The Bertz CT molecular complexity index is 340. The quantitative estimate of drug-likeness (QED) is 0.755. The Balaban J connectivity index is 2.36. The summed E-state index contributed by atoms with van der Waals surface area (Å²) in [6, 6.07) is 0. The Labute approximate surface area is 78.2 Å². The lowest BCUT2D eigenvalue weighted by Gasteiger charge is -2.17. The van der Waals surface area contributed by atoms with Gasteiger partial charge in [0.05, 0.1) is 18.1 Å². The summed E-state index contributed by atoms with van der Waals surface area (Å²) in [5, 5.41) is 0. The van der Waals surface area contributed by atoms with Crippen LogP contribution in [0.25, 0.3) is 0 Å². The highest BCUT2D eigenvalue weighted by molar-refractivity contribution is 5.33. The van der Waals surface area contributed by atoms with Crippen LogP contribution in [-0.2, 0) is 5.41 Å². The molecule has 0 aromatic carbocycles. The smallest absolute Gasteiger partial charge is 0.396 e. The minimum atomic E-state index is -4.26. The molecule has 1 saturated carbocycles. The molecule has 0 saturated heterocycles. The number of nitrogen functional groups attached to an aromatic ring is 1. The van der Waals surface area contributed by atoms with Crippen molar-refractivity contribution in [3.05, 3.63) is 18.2 Å². The van der Waals surface area contributed by atoms with Crippen LogP contribution < -0.4 is 5.73 Å². The summed E-state index contributed by atoms with van der Waals surface area (Å²) in [6.07, 6.45) is -1.72. The number of nitrogens with zero attached hydrogens (tertiary/aromatic N) is 2. The van der Waals surface area contributed by atoms with E-state index in [2.05, 4.69) is 9.97 Å². The second-order valence-corrected chi connectivity index (χ2v) is 3.42. The van der Waals surface area contributed by atoms with Crippen LogP contribution in [0.3, 0.4) is 0 Å². The van der Waals surface area contributed by atoms with Crippen molar-refractivity contribution in [1.29, 1.82) is 0 Å². The lowest BCUT2D eigenvalue weighted by molar-refractivity contribution is -0.162. The maximum absolute atomic E-state index is 12.6. The van der Waals surface area contributed by atoms with Gasteiger partial charge in [-0.2, -0.15) is 13.2 Å². The molecular weight excluding hydrogens is 195 g/mol. The van der Waals surface area contributed by atoms with Gasteiger partial charge in [0.2, 0.25) is 0 Å². The predicted molar refractivity (Wildman–Crippen MR) is 43.4 cm³/mol. The van der Waals surface area contributed by atoms with Crippen LogP contribution in [0.5, 0.6) is 0 Å². The maximum atomic E-state index is 12.6. The Kier molecular flexibility index (Phi) is 1.71. The summed E-state index contributed by atoms with van der Waals surface area (Å²) < 4.78 is 37.7. The van der Waals surface area contributed by atoms with E-state index < -0.39 is 11.6 Å². The van der Waals surface area contributed by atoms with Gasteiger partial charge in [-0.15, -0.1) is 0 Å². The average molecular weight is 203 g/mol. The molecule has 1 aromatic heterocycles. The molecule has 6 heteroatoms. The molecule has 0 atom stereocenters. The highest BCUT2D eigenvalue weighted by Crippen LogP contribution is 2.57. The van der Waals surface area contributed by atoms with E-state index >= 15 is 0 Å². The first-order valence-corrected chi connectivity index (χ1v) is 4.10. The topological polar surface area (TPSA) is 51.8 Å². The number of nitrogens with two attached hydrogens (primary N) is 1. The van der Waals surface area contributed by atoms with E-state index in [-0.39, 0.29) is 24.4 Å². The van der Waals surface area contributed by atoms with Crippen molar-refractivity contribution in [1.82, 2.24) is 9.97 Å². The Morgan fingerprint density at radius 2 is 1.71 bits per heavy atom. The largest absolute Gasteiger partial charge is 0.401 e. The lowest BCUT2D eigenvalue weighted by Crippen LogP contribution is -2.30. The van der Waals surface area contributed by atoms with E-state index in [0.29, 0.717) is 0 Å². The van der Waals surface area contributed by atoms with Gasteiger partial charge in [0.15, 0.2) is 0 Å². The molecule has 14 heavy (non-hydrogen) atoms. The second-order valence-electron chi connectivity index (χ2n) is 3.42. The van der Waals surface area contributed by atoms with E-state index in [9.17, 15) is 13.2 Å². The van der Waals surface area contributed by atoms with Gasteiger partial charge in [-0.1, -0.05) is 0 Å². The van der Waals surface area contributed by atoms with E-state index in [1.807, 2.05) is 0 Å². The first kappa shape index (κ1) is 9.23. The fraction of sp³-hybridized carbons (Fsp3) is 0.500. The van der Waals surface area contributed by atoms with Crippen LogP contribution in [0.2, 0.25) is 0 Å². The van der Waals surface area contributed by atoms with Gasteiger partial charge in [0.25, 0.3) is 0 Å². The van der Waals surface area contributed by atoms with E-state index in [0.717, 1.165) is 0 Å². The first-order chi connectivity index (χ1) is 6.46. The van der Waals surface area contributed by atoms with Gasteiger partial charge in [0, 0.05) is 0 Å². The van der Waals surface area contributed by atoms with Crippen molar-refractivity contribution >= 4 is 5.69 Å². The number of aromatic nitrogens is 2. The molecule has 1 heterocycles. The number of alkyl halides is 3. The zero-order valence-electron chi connectivity index (χ0n) is 7.17. The number of hydrogen-bond acceptors (Lipinski definition) is 3. The SMILES string of the molecule is Nc1cnc(C2(C(F)(F)F)CC2)nc1. The van der Waals surface area contributed by atoms with Gasteiger partial charge in [-0.05, 0) is 12.8 Å². The van der Waals surface area contributed by atoms with Crippen LogP contribution in [0.4, 0.5) is 18.9 Å². The van der Waals surface area contributed by atoms with Crippen molar-refractivity contribution in [3.63, 3.8) is 0 Å². The Hall–Kier alpha value is -1.33. The molecule has 0 unspecified atom stereocenters. The van der Waals surface area contributed by atoms with Gasteiger partial charge in [-0.3, -0.25) is 0 Å². The van der Waals surface area contributed by atoms with Crippen LogP contribution in [0.15, 0.2) is 12.4 Å². The molecule has 76 valence electrons. The predicted octanol–water partition coefficient (Wildman–Crippen LogP) is 1.65. The van der Waals surface area contributed by atoms with Gasteiger partial charge >= 0.3 is 6.18 Å². The molecular formula is C8H8F3N3. The molecule has 0 radical (unpaired) electrons. The third-order valence-corrected chi connectivity index (χ3v) is 2.39. The van der Waals surface area contributed by atoms with E-state index in [4.69, 9.17) is 5.73 Å². The minimum absolute atomic E-state index is 0.0699. The third-order valence-electron chi connectivity index (χ3n) is 2.39. The highest BCUT2D eigenvalue weighted by Gasteiger charge is 2.66. The molecule has 0 spiro atoms. The Morgan fingerprint density at radius 1 is 1.21 bits per heavy atom. The standard InChI is InChI=1S/C8H8F3N3/c9-8(10,11)7(1-2-7)6-13-3-5(12)4-14-6/h3-4H,1-2,12H2. The number of halogens is 3. The summed E-state index contributed by atoms with van der Waals surface area (Å²) in [5.74, 6) is -0.167. The maximum Gasteiger partial charge on any atom is 0.401 e. The van der Waals surface area contributed by atoms with Gasteiger partial charge in [0.1, 0.15) is 11.2 Å². The third kappa shape index (κ3) is 1.21. The van der Waals surface area contributed by atoms with Gasteiger partial charge in [-0.25, -0.2) is 9.97 Å². The van der Waals surface area contributed by atoms with Crippen molar-refractivity contribution in [2.75, 3.05) is 5.73 Å². The van der Waals surface area contributed by atoms with Crippen molar-refractivity contribution < 1.29 is 13.2 Å². The Morgan fingerprint density at radius 3 is 2.07 bits per heavy atom. The molecule has 1 fully saturated rings. The van der Waals surface area contributed by atoms with E-state index in [1.54, 1.807) is 0 Å².